The van der Waals surface area contributed by atoms with Crippen LogP contribution in [0.4, 0.5) is 0 Å². The van der Waals surface area contributed by atoms with Gasteiger partial charge in [0, 0.05) is 18.1 Å². The van der Waals surface area contributed by atoms with Crippen LogP contribution in [0.5, 0.6) is 0 Å². The molecule has 0 fully saturated rings. The zero-order valence-electron chi connectivity index (χ0n) is 9.44. The summed E-state index contributed by atoms with van der Waals surface area (Å²) in [4.78, 5) is 15.8. The smallest absolute Gasteiger partial charge is 0.159 e. The van der Waals surface area contributed by atoms with Gasteiger partial charge in [0.15, 0.2) is 5.82 Å². The molecule has 88 valence electrons. The second-order valence-corrected chi connectivity index (χ2v) is 5.04. The lowest BCUT2D eigenvalue weighted by Gasteiger charge is -2.10. The monoisotopic (exact) mass is 310 g/mol. The Morgan fingerprint density at radius 3 is 2.71 bits per heavy atom. The van der Waals surface area contributed by atoms with Gasteiger partial charge in [0.2, 0.25) is 0 Å². The molecule has 0 bridgehead atoms. The SMILES string of the molecule is CC(C)c1[nH]c(-c2cnccn2)nc(=S)c1Br. The molecule has 0 aliphatic carbocycles. The molecule has 0 saturated heterocycles. The van der Waals surface area contributed by atoms with Gasteiger partial charge in [-0.3, -0.25) is 4.98 Å². The highest BCUT2D eigenvalue weighted by Crippen LogP contribution is 2.25. The van der Waals surface area contributed by atoms with E-state index < -0.39 is 0 Å². The van der Waals surface area contributed by atoms with E-state index in [1.165, 1.54) is 0 Å². The molecule has 2 rings (SSSR count). The summed E-state index contributed by atoms with van der Waals surface area (Å²) in [6, 6.07) is 0. The van der Waals surface area contributed by atoms with Crippen LogP contribution in [0.2, 0.25) is 0 Å². The summed E-state index contributed by atoms with van der Waals surface area (Å²) >= 11 is 8.67. The summed E-state index contributed by atoms with van der Waals surface area (Å²) < 4.78 is 1.38. The molecule has 2 heterocycles. The van der Waals surface area contributed by atoms with Crippen molar-refractivity contribution in [1.29, 1.82) is 0 Å². The number of aromatic nitrogens is 4. The van der Waals surface area contributed by atoms with Crippen LogP contribution in [0.25, 0.3) is 11.5 Å². The second-order valence-electron chi connectivity index (χ2n) is 3.86. The van der Waals surface area contributed by atoms with E-state index in [4.69, 9.17) is 12.2 Å². The zero-order valence-corrected chi connectivity index (χ0v) is 11.8. The average Bonchev–Trinajstić information content (AvgIpc) is 2.33. The van der Waals surface area contributed by atoms with Gasteiger partial charge >= 0.3 is 0 Å². The van der Waals surface area contributed by atoms with Crippen molar-refractivity contribution in [3.63, 3.8) is 0 Å². The van der Waals surface area contributed by atoms with Gasteiger partial charge in [0.05, 0.1) is 10.7 Å². The molecule has 0 unspecified atom stereocenters. The number of halogens is 1. The summed E-state index contributed by atoms with van der Waals surface area (Å²) in [6.07, 6.45) is 4.91. The van der Waals surface area contributed by atoms with E-state index in [0.717, 1.165) is 10.2 Å². The maximum atomic E-state index is 5.22. The maximum Gasteiger partial charge on any atom is 0.159 e. The highest BCUT2D eigenvalue weighted by molar-refractivity contribution is 9.10. The molecule has 4 nitrogen and oxygen atoms in total. The molecule has 0 aliphatic rings. The van der Waals surface area contributed by atoms with Crippen molar-refractivity contribution in [2.75, 3.05) is 0 Å². The van der Waals surface area contributed by atoms with Crippen molar-refractivity contribution in [3.05, 3.63) is 33.4 Å². The van der Waals surface area contributed by atoms with E-state index in [1.54, 1.807) is 18.6 Å². The molecule has 0 radical (unpaired) electrons. The normalized spacial score (nSPS) is 10.8. The molecule has 2 aromatic rings. The third-order valence-corrected chi connectivity index (χ3v) is 3.63. The minimum absolute atomic E-state index is 0.324. The lowest BCUT2D eigenvalue weighted by atomic mass is 10.1. The van der Waals surface area contributed by atoms with Crippen LogP contribution >= 0.6 is 28.1 Å². The van der Waals surface area contributed by atoms with E-state index in [2.05, 4.69) is 49.7 Å². The highest BCUT2D eigenvalue weighted by atomic mass is 79.9. The molecule has 17 heavy (non-hydrogen) atoms. The van der Waals surface area contributed by atoms with Crippen LogP contribution in [0.3, 0.4) is 0 Å². The van der Waals surface area contributed by atoms with Gasteiger partial charge in [-0.25, -0.2) is 9.97 Å². The van der Waals surface area contributed by atoms with Crippen LogP contribution in [0, 0.1) is 4.64 Å². The molecular formula is C11H11BrN4S. The number of hydrogen-bond acceptors (Lipinski definition) is 4. The summed E-state index contributed by atoms with van der Waals surface area (Å²) in [6.45, 7) is 4.18. The number of hydrogen-bond donors (Lipinski definition) is 1. The van der Waals surface area contributed by atoms with Gasteiger partial charge in [-0.05, 0) is 21.8 Å². The number of rotatable bonds is 2. The summed E-state index contributed by atoms with van der Waals surface area (Å²) in [5, 5.41) is 0. The number of nitrogens with one attached hydrogen (secondary N) is 1. The van der Waals surface area contributed by atoms with Crippen molar-refractivity contribution in [2.45, 2.75) is 19.8 Å². The maximum absolute atomic E-state index is 5.22. The molecule has 0 saturated carbocycles. The fraction of sp³-hybridized carbons (Fsp3) is 0.273. The molecule has 1 N–H and O–H groups in total. The topological polar surface area (TPSA) is 54.5 Å². The van der Waals surface area contributed by atoms with Crippen molar-refractivity contribution in [3.8, 4) is 11.5 Å². The fourth-order valence-corrected chi connectivity index (χ4v) is 2.26. The molecule has 0 amide bonds. The van der Waals surface area contributed by atoms with E-state index in [1.807, 2.05) is 0 Å². The van der Waals surface area contributed by atoms with Crippen LogP contribution in [0.1, 0.15) is 25.5 Å². The third kappa shape index (κ3) is 2.58. The van der Waals surface area contributed by atoms with Crippen molar-refractivity contribution in [1.82, 2.24) is 19.9 Å². The van der Waals surface area contributed by atoms with Gasteiger partial charge in [-0.15, -0.1) is 0 Å². The first-order chi connectivity index (χ1) is 8.09. The average molecular weight is 311 g/mol. The Labute approximate surface area is 113 Å². The van der Waals surface area contributed by atoms with Gasteiger partial charge in [0.25, 0.3) is 0 Å². The lowest BCUT2D eigenvalue weighted by molar-refractivity contribution is 0.806. The van der Waals surface area contributed by atoms with E-state index in [9.17, 15) is 0 Å². The first-order valence-electron chi connectivity index (χ1n) is 5.15. The van der Waals surface area contributed by atoms with Crippen molar-refractivity contribution in [2.24, 2.45) is 0 Å². The molecule has 0 atom stereocenters. The second kappa shape index (κ2) is 5.01. The summed E-state index contributed by atoms with van der Waals surface area (Å²) in [7, 11) is 0. The van der Waals surface area contributed by atoms with Gasteiger partial charge < -0.3 is 4.98 Å². The molecule has 0 spiro atoms. The Morgan fingerprint density at radius 2 is 2.12 bits per heavy atom. The van der Waals surface area contributed by atoms with Crippen LogP contribution in [-0.4, -0.2) is 19.9 Å². The highest BCUT2D eigenvalue weighted by Gasteiger charge is 2.11. The van der Waals surface area contributed by atoms with Gasteiger partial charge in [-0.2, -0.15) is 0 Å². The quantitative estimate of drug-likeness (QED) is 0.863. The van der Waals surface area contributed by atoms with Gasteiger partial charge in [-0.1, -0.05) is 26.1 Å². The molecular weight excluding hydrogens is 300 g/mol. The Morgan fingerprint density at radius 1 is 1.35 bits per heavy atom. The number of nitrogens with zero attached hydrogens (tertiary/aromatic N) is 3. The molecule has 2 aromatic heterocycles. The third-order valence-electron chi connectivity index (χ3n) is 2.27. The molecule has 0 aliphatic heterocycles. The summed E-state index contributed by atoms with van der Waals surface area (Å²) in [5.74, 6) is 0.972. The fourth-order valence-electron chi connectivity index (χ4n) is 1.42. The number of aromatic amines is 1. The Bertz CT molecular complexity index is 580. The Kier molecular flexibility index (Phi) is 3.63. The lowest BCUT2D eigenvalue weighted by Crippen LogP contribution is -2.01. The van der Waals surface area contributed by atoms with E-state index >= 15 is 0 Å². The van der Waals surface area contributed by atoms with Crippen LogP contribution in [-0.2, 0) is 0 Å². The Balaban J connectivity index is 2.62. The van der Waals surface area contributed by atoms with Crippen LogP contribution in [0.15, 0.2) is 23.1 Å². The minimum Gasteiger partial charge on any atom is -0.340 e. The van der Waals surface area contributed by atoms with Gasteiger partial charge in [0.1, 0.15) is 10.3 Å². The van der Waals surface area contributed by atoms with E-state index in [0.29, 0.717) is 22.1 Å². The predicted octanol–water partition coefficient (Wildman–Crippen LogP) is 3.48. The van der Waals surface area contributed by atoms with Crippen molar-refractivity contribution < 1.29 is 0 Å². The van der Waals surface area contributed by atoms with Crippen molar-refractivity contribution >= 4 is 28.1 Å². The standard InChI is InChI=1S/C11H11BrN4S/c1-6(2)9-8(12)11(17)16-10(15-9)7-5-13-3-4-14-7/h3-6H,1-2H3,(H,15,16,17). The number of H-pyrrole nitrogens is 1. The van der Waals surface area contributed by atoms with Crippen LogP contribution < -0.4 is 0 Å². The Hall–Kier alpha value is -1.14. The summed E-state index contributed by atoms with van der Waals surface area (Å²) in [5.41, 5.74) is 1.71. The first kappa shape index (κ1) is 12.3. The molecule has 0 aromatic carbocycles. The predicted molar refractivity (Wildman–Crippen MR) is 72.2 cm³/mol. The zero-order chi connectivity index (χ0) is 12.4. The molecule has 6 heteroatoms. The first-order valence-corrected chi connectivity index (χ1v) is 6.36. The largest absolute Gasteiger partial charge is 0.340 e. The minimum atomic E-state index is 0.324. The van der Waals surface area contributed by atoms with E-state index in [-0.39, 0.29) is 0 Å².